The van der Waals surface area contributed by atoms with Gasteiger partial charge in [0, 0.05) is 44.7 Å². The van der Waals surface area contributed by atoms with Crippen LogP contribution in [0.4, 0.5) is 13.6 Å². The summed E-state index contributed by atoms with van der Waals surface area (Å²) in [6.45, 7) is 7.84. The molecule has 1 fully saturated rings. The molecule has 3 amide bonds. The lowest BCUT2D eigenvalue weighted by Gasteiger charge is -2.36. The van der Waals surface area contributed by atoms with Crippen molar-refractivity contribution in [1.82, 2.24) is 24.9 Å². The van der Waals surface area contributed by atoms with Gasteiger partial charge in [0.05, 0.1) is 12.3 Å². The third-order valence-electron chi connectivity index (χ3n) is 5.85. The lowest BCUT2D eigenvalue weighted by atomic mass is 10.1. The zero-order valence-electron chi connectivity index (χ0n) is 22.8. The largest absolute Gasteiger partial charge is 0.493 e. The lowest BCUT2D eigenvalue weighted by molar-refractivity contribution is -0.155. The summed E-state index contributed by atoms with van der Waals surface area (Å²) in [5, 5.41) is 16.8. The van der Waals surface area contributed by atoms with E-state index in [9.17, 15) is 33.1 Å². The number of benzene rings is 1. The molecule has 1 aromatic carbocycles. The fourth-order valence-electron chi connectivity index (χ4n) is 3.98. The summed E-state index contributed by atoms with van der Waals surface area (Å²) in [4.78, 5) is 53.7. The van der Waals surface area contributed by atoms with Gasteiger partial charge in [0.25, 0.3) is 5.91 Å². The summed E-state index contributed by atoms with van der Waals surface area (Å²) in [6, 6.07) is 2.65. The maximum atomic E-state index is 13.7. The van der Waals surface area contributed by atoms with Crippen molar-refractivity contribution in [3.05, 3.63) is 41.6 Å². The highest BCUT2D eigenvalue weighted by Crippen LogP contribution is 2.20. The molecule has 0 bridgehead atoms. The number of piperazine rings is 1. The monoisotopic (exact) mass is 565 g/mol. The standard InChI is InChI=1S/C26H33F2N5O7/c1-5-39-25(38)32-12-10-31(11-13-32)24(37)19(8-9-22(35)40-26(2,3)4)29-23(36)20-15-21(34)33(30-20)16-6-7-17(27)18(28)14-16/h6-7,14-15,19,34H,5,8-13H2,1-4H3,(H,29,36)/t19-/m0/s1. The van der Waals surface area contributed by atoms with Crippen LogP contribution < -0.4 is 5.32 Å². The highest BCUT2D eigenvalue weighted by molar-refractivity contribution is 5.96. The zero-order valence-corrected chi connectivity index (χ0v) is 22.8. The lowest BCUT2D eigenvalue weighted by Crippen LogP contribution is -2.56. The first-order valence-electron chi connectivity index (χ1n) is 12.8. The van der Waals surface area contributed by atoms with E-state index >= 15 is 0 Å². The summed E-state index contributed by atoms with van der Waals surface area (Å²) >= 11 is 0. The van der Waals surface area contributed by atoms with Crippen LogP contribution in [-0.4, -0.2) is 93.0 Å². The average molecular weight is 566 g/mol. The zero-order chi connectivity index (χ0) is 29.6. The van der Waals surface area contributed by atoms with Crippen molar-refractivity contribution in [2.75, 3.05) is 32.8 Å². The molecule has 0 aliphatic carbocycles. The highest BCUT2D eigenvalue weighted by atomic mass is 19.2. The smallest absolute Gasteiger partial charge is 0.409 e. The minimum atomic E-state index is -1.17. The Morgan fingerprint density at radius 3 is 2.30 bits per heavy atom. The van der Waals surface area contributed by atoms with Crippen LogP contribution in [0.15, 0.2) is 24.3 Å². The number of carbonyl (C=O) groups is 4. The number of carbonyl (C=O) groups excluding carboxylic acids is 4. The highest BCUT2D eigenvalue weighted by Gasteiger charge is 2.32. The molecule has 0 unspecified atom stereocenters. The molecule has 2 heterocycles. The van der Waals surface area contributed by atoms with Crippen molar-refractivity contribution < 1.29 is 42.5 Å². The second-order valence-corrected chi connectivity index (χ2v) is 10.1. The minimum absolute atomic E-state index is 0.0347. The van der Waals surface area contributed by atoms with Crippen LogP contribution in [0.25, 0.3) is 5.69 Å². The van der Waals surface area contributed by atoms with Crippen molar-refractivity contribution in [3.63, 3.8) is 0 Å². The number of nitrogens with one attached hydrogen (secondary N) is 1. The van der Waals surface area contributed by atoms with Crippen LogP contribution in [0, 0.1) is 11.6 Å². The van der Waals surface area contributed by atoms with Crippen LogP contribution in [0.3, 0.4) is 0 Å². The van der Waals surface area contributed by atoms with Gasteiger partial charge in [-0.15, -0.1) is 0 Å². The number of hydrogen-bond donors (Lipinski definition) is 2. The molecule has 1 aliphatic rings. The van der Waals surface area contributed by atoms with Gasteiger partial charge >= 0.3 is 12.1 Å². The molecule has 3 rings (SSSR count). The fourth-order valence-corrected chi connectivity index (χ4v) is 3.98. The number of amides is 3. The fraction of sp³-hybridized carbons (Fsp3) is 0.500. The molecule has 1 saturated heterocycles. The first-order chi connectivity index (χ1) is 18.8. The third kappa shape index (κ3) is 7.90. The van der Waals surface area contributed by atoms with E-state index in [1.54, 1.807) is 27.7 Å². The first-order valence-corrected chi connectivity index (χ1v) is 12.8. The number of rotatable bonds is 8. The maximum absolute atomic E-state index is 13.7. The van der Waals surface area contributed by atoms with Crippen LogP contribution in [0.5, 0.6) is 5.88 Å². The average Bonchev–Trinajstić information content (AvgIpc) is 3.28. The molecule has 1 aliphatic heterocycles. The van der Waals surface area contributed by atoms with E-state index in [0.717, 1.165) is 28.9 Å². The van der Waals surface area contributed by atoms with Crippen molar-refractivity contribution in [3.8, 4) is 11.6 Å². The molecule has 0 saturated carbocycles. The number of aromatic hydroxyl groups is 1. The quantitative estimate of drug-likeness (QED) is 0.465. The summed E-state index contributed by atoms with van der Waals surface area (Å²) in [5.74, 6) is -4.68. The maximum Gasteiger partial charge on any atom is 0.409 e. The van der Waals surface area contributed by atoms with Crippen LogP contribution >= 0.6 is 0 Å². The Morgan fingerprint density at radius 1 is 1.05 bits per heavy atom. The van der Waals surface area contributed by atoms with Gasteiger partial charge in [-0.2, -0.15) is 5.10 Å². The number of hydrogen-bond acceptors (Lipinski definition) is 8. The normalized spacial score (nSPS) is 14.4. The molecular weight excluding hydrogens is 532 g/mol. The topological polar surface area (TPSA) is 143 Å². The predicted octanol–water partition coefficient (Wildman–Crippen LogP) is 2.38. The second-order valence-electron chi connectivity index (χ2n) is 10.1. The van der Waals surface area contributed by atoms with Crippen LogP contribution in [-0.2, 0) is 19.1 Å². The molecule has 2 N–H and O–H groups in total. The van der Waals surface area contributed by atoms with Gasteiger partial charge < -0.3 is 29.7 Å². The molecule has 40 heavy (non-hydrogen) atoms. The van der Waals surface area contributed by atoms with Gasteiger partial charge in [-0.3, -0.25) is 14.4 Å². The number of halogens is 2. The van der Waals surface area contributed by atoms with E-state index < -0.39 is 53.0 Å². The molecule has 12 nitrogen and oxygen atoms in total. The molecule has 0 spiro atoms. The van der Waals surface area contributed by atoms with Gasteiger partial charge in [-0.25, -0.2) is 18.3 Å². The van der Waals surface area contributed by atoms with E-state index in [-0.39, 0.29) is 57.0 Å². The molecule has 14 heteroatoms. The van der Waals surface area contributed by atoms with Crippen molar-refractivity contribution in [2.24, 2.45) is 0 Å². The Labute approximate surface area is 229 Å². The van der Waals surface area contributed by atoms with Gasteiger partial charge in [-0.1, -0.05) is 0 Å². The van der Waals surface area contributed by atoms with E-state index in [2.05, 4.69) is 10.4 Å². The van der Waals surface area contributed by atoms with E-state index in [1.807, 2.05) is 0 Å². The molecular formula is C26H33F2N5O7. The Bertz CT molecular complexity index is 1250. The molecule has 218 valence electrons. The summed E-state index contributed by atoms with van der Waals surface area (Å²) in [5.41, 5.74) is -1.08. The van der Waals surface area contributed by atoms with E-state index in [1.165, 1.54) is 9.80 Å². The Kier molecular flexibility index (Phi) is 9.66. The van der Waals surface area contributed by atoms with Gasteiger partial charge in [0.2, 0.25) is 11.8 Å². The summed E-state index contributed by atoms with van der Waals surface area (Å²) in [6.07, 6.45) is -0.751. The Balaban J connectivity index is 1.75. The van der Waals surface area contributed by atoms with Crippen molar-refractivity contribution in [2.45, 2.75) is 52.2 Å². The van der Waals surface area contributed by atoms with Crippen LogP contribution in [0.1, 0.15) is 51.0 Å². The number of nitrogens with zero attached hydrogens (tertiary/aromatic N) is 4. The van der Waals surface area contributed by atoms with Gasteiger partial charge in [-0.05, 0) is 46.2 Å². The number of esters is 1. The molecule has 0 radical (unpaired) electrons. The van der Waals surface area contributed by atoms with Crippen molar-refractivity contribution in [1.29, 1.82) is 0 Å². The number of ether oxygens (including phenoxy) is 2. The van der Waals surface area contributed by atoms with Gasteiger partial charge in [0.15, 0.2) is 17.3 Å². The Hall–Kier alpha value is -4.23. The molecule has 1 aromatic heterocycles. The van der Waals surface area contributed by atoms with E-state index in [0.29, 0.717) is 0 Å². The van der Waals surface area contributed by atoms with E-state index in [4.69, 9.17) is 9.47 Å². The predicted molar refractivity (Wildman–Crippen MR) is 137 cm³/mol. The number of aromatic nitrogens is 2. The first kappa shape index (κ1) is 30.3. The van der Waals surface area contributed by atoms with Gasteiger partial charge in [0.1, 0.15) is 11.6 Å². The SMILES string of the molecule is CCOC(=O)N1CCN(C(=O)[C@H](CCC(=O)OC(C)(C)C)NC(=O)c2cc(O)n(-c3ccc(F)c(F)c3)n2)CC1. The molecule has 1 atom stereocenters. The minimum Gasteiger partial charge on any atom is -0.493 e. The summed E-state index contributed by atoms with van der Waals surface area (Å²) in [7, 11) is 0. The second kappa shape index (κ2) is 12.7. The van der Waals surface area contributed by atoms with Crippen molar-refractivity contribution >= 4 is 23.9 Å². The Morgan fingerprint density at radius 2 is 1.70 bits per heavy atom. The van der Waals surface area contributed by atoms with Crippen LogP contribution in [0.2, 0.25) is 0 Å². The summed E-state index contributed by atoms with van der Waals surface area (Å²) < 4.78 is 38.1. The molecule has 2 aromatic rings. The third-order valence-corrected chi connectivity index (χ3v) is 5.85.